The van der Waals surface area contributed by atoms with Crippen molar-refractivity contribution in [1.82, 2.24) is 4.90 Å². The quantitative estimate of drug-likeness (QED) is 0.517. The van der Waals surface area contributed by atoms with Gasteiger partial charge in [0.15, 0.2) is 0 Å². The van der Waals surface area contributed by atoms with E-state index in [0.29, 0.717) is 5.04 Å². The van der Waals surface area contributed by atoms with Crippen LogP contribution in [0.25, 0.3) is 0 Å². The molecule has 0 aromatic rings. The summed E-state index contributed by atoms with van der Waals surface area (Å²) >= 11 is 0. The van der Waals surface area contributed by atoms with Crippen LogP contribution in [0.2, 0.25) is 5.04 Å². The lowest BCUT2D eigenvalue weighted by Crippen LogP contribution is -2.23. The maximum absolute atomic E-state index is 4.32. The molecular formula is C15H27NSi. The first kappa shape index (κ1) is 14.3. The summed E-state index contributed by atoms with van der Waals surface area (Å²) in [5, 5.41) is 0.379. The zero-order chi connectivity index (χ0) is 12.9. The minimum absolute atomic E-state index is 0.379. The number of unbranched alkanes of at least 4 members (excludes halogenated alkanes) is 2. The highest BCUT2D eigenvalue weighted by Gasteiger charge is 2.39. The third kappa shape index (κ3) is 3.14. The average Bonchev–Trinajstić information content (AvgIpc) is 2.57. The van der Waals surface area contributed by atoms with Crippen molar-refractivity contribution in [2.75, 3.05) is 13.1 Å². The van der Waals surface area contributed by atoms with Gasteiger partial charge in [-0.1, -0.05) is 46.3 Å². The fraction of sp³-hybridized carbons (Fsp3) is 0.667. The number of hydrogen-bond acceptors (Lipinski definition) is 1. The summed E-state index contributed by atoms with van der Waals surface area (Å²) in [6, 6.07) is 0. The fourth-order valence-electron chi connectivity index (χ4n) is 2.63. The van der Waals surface area contributed by atoms with Crippen molar-refractivity contribution in [2.24, 2.45) is 0 Å². The molecule has 1 fully saturated rings. The highest BCUT2D eigenvalue weighted by Crippen LogP contribution is 2.48. The highest BCUT2D eigenvalue weighted by atomic mass is 28.1. The van der Waals surface area contributed by atoms with Crippen molar-refractivity contribution in [2.45, 2.75) is 51.0 Å². The summed E-state index contributed by atoms with van der Waals surface area (Å²) in [5.41, 5.74) is 5.63. The van der Waals surface area contributed by atoms with E-state index >= 15 is 0 Å². The minimum atomic E-state index is 0.379. The molecule has 0 amide bonds. The SMILES string of the molecule is C=C=C1C(=C)C([SiH3])(CCCC)CN1CCCC. The summed E-state index contributed by atoms with van der Waals surface area (Å²) < 4.78 is 0. The van der Waals surface area contributed by atoms with Crippen LogP contribution in [0.3, 0.4) is 0 Å². The molecule has 0 radical (unpaired) electrons. The van der Waals surface area contributed by atoms with Gasteiger partial charge in [-0.3, -0.25) is 0 Å². The molecule has 1 nitrogen and oxygen atoms in total. The summed E-state index contributed by atoms with van der Waals surface area (Å²) in [6.45, 7) is 15.0. The van der Waals surface area contributed by atoms with E-state index in [1.54, 1.807) is 0 Å². The predicted octanol–water partition coefficient (Wildman–Crippen LogP) is 3.04. The Kier molecular flexibility index (Phi) is 5.29. The van der Waals surface area contributed by atoms with Crippen molar-refractivity contribution in [3.05, 3.63) is 30.2 Å². The maximum Gasteiger partial charge on any atom is 0.0823 e. The molecule has 1 saturated heterocycles. The second-order valence-electron chi connectivity index (χ2n) is 5.44. The van der Waals surface area contributed by atoms with Crippen LogP contribution in [0.1, 0.15) is 46.0 Å². The van der Waals surface area contributed by atoms with Crippen molar-refractivity contribution >= 4 is 10.2 Å². The number of rotatable bonds is 6. The van der Waals surface area contributed by atoms with E-state index in [-0.39, 0.29) is 0 Å². The number of allylic oxidation sites excluding steroid dienone is 1. The molecular weight excluding hydrogens is 222 g/mol. The Morgan fingerprint density at radius 3 is 2.53 bits per heavy atom. The molecule has 17 heavy (non-hydrogen) atoms. The molecule has 1 aliphatic rings. The highest BCUT2D eigenvalue weighted by molar-refractivity contribution is 6.18. The monoisotopic (exact) mass is 249 g/mol. The summed E-state index contributed by atoms with van der Waals surface area (Å²) in [6.07, 6.45) is 6.39. The predicted molar refractivity (Wildman–Crippen MR) is 80.4 cm³/mol. The lowest BCUT2D eigenvalue weighted by molar-refractivity contribution is 0.355. The van der Waals surface area contributed by atoms with Crippen LogP contribution in [-0.4, -0.2) is 28.2 Å². The Morgan fingerprint density at radius 1 is 1.35 bits per heavy atom. The van der Waals surface area contributed by atoms with Crippen LogP contribution in [0.5, 0.6) is 0 Å². The fourth-order valence-corrected chi connectivity index (χ4v) is 3.60. The van der Waals surface area contributed by atoms with E-state index in [1.807, 2.05) is 0 Å². The molecule has 0 aromatic heterocycles. The van der Waals surface area contributed by atoms with Gasteiger partial charge in [-0.05, 0) is 23.5 Å². The minimum Gasteiger partial charge on any atom is -0.364 e. The standard InChI is InChI=1S/C15H27NSi/c1-5-8-10-15(17)12-16(11-9-6-2)14(7-3)13(15)4/h3-6,8-12H2,1-2,17H3. The van der Waals surface area contributed by atoms with E-state index in [4.69, 9.17) is 0 Å². The first-order valence-corrected chi connectivity index (χ1v) is 7.93. The second-order valence-corrected chi connectivity index (χ2v) is 7.36. The van der Waals surface area contributed by atoms with E-state index in [1.165, 1.54) is 53.6 Å². The lowest BCUT2D eigenvalue weighted by atomic mass is 9.95. The van der Waals surface area contributed by atoms with E-state index < -0.39 is 0 Å². The lowest BCUT2D eigenvalue weighted by Gasteiger charge is -2.25. The van der Waals surface area contributed by atoms with Gasteiger partial charge in [-0.15, -0.1) is 5.73 Å². The van der Waals surface area contributed by atoms with Crippen molar-refractivity contribution in [3.8, 4) is 0 Å². The molecule has 1 unspecified atom stereocenters. The van der Waals surface area contributed by atoms with Crippen LogP contribution in [-0.2, 0) is 0 Å². The molecule has 1 atom stereocenters. The first-order valence-electron chi connectivity index (χ1n) is 6.93. The topological polar surface area (TPSA) is 3.24 Å². The van der Waals surface area contributed by atoms with Crippen LogP contribution >= 0.6 is 0 Å². The third-order valence-corrected chi connectivity index (χ3v) is 5.32. The molecule has 0 N–H and O–H groups in total. The average molecular weight is 249 g/mol. The van der Waals surface area contributed by atoms with Gasteiger partial charge in [0, 0.05) is 23.3 Å². The molecule has 96 valence electrons. The van der Waals surface area contributed by atoms with Gasteiger partial charge >= 0.3 is 0 Å². The molecule has 2 heteroatoms. The first-order chi connectivity index (χ1) is 8.09. The van der Waals surface area contributed by atoms with Gasteiger partial charge in [0.25, 0.3) is 0 Å². The molecule has 1 rings (SSSR count). The molecule has 0 saturated carbocycles. The van der Waals surface area contributed by atoms with Crippen LogP contribution in [0.4, 0.5) is 0 Å². The summed E-state index contributed by atoms with van der Waals surface area (Å²) in [7, 11) is 1.19. The summed E-state index contributed by atoms with van der Waals surface area (Å²) in [5.74, 6) is 0. The van der Waals surface area contributed by atoms with Gasteiger partial charge in [0.1, 0.15) is 0 Å². The molecule has 1 heterocycles. The van der Waals surface area contributed by atoms with E-state index in [0.717, 1.165) is 13.1 Å². The van der Waals surface area contributed by atoms with Gasteiger partial charge < -0.3 is 4.90 Å². The zero-order valence-electron chi connectivity index (χ0n) is 11.8. The maximum atomic E-state index is 4.32. The second kappa shape index (κ2) is 6.27. The molecule has 0 bridgehead atoms. The van der Waals surface area contributed by atoms with Crippen molar-refractivity contribution in [3.63, 3.8) is 0 Å². The van der Waals surface area contributed by atoms with Crippen LogP contribution in [0.15, 0.2) is 30.2 Å². The molecule has 1 aliphatic heterocycles. The van der Waals surface area contributed by atoms with Gasteiger partial charge in [-0.25, -0.2) is 0 Å². The van der Waals surface area contributed by atoms with Gasteiger partial charge in [0.2, 0.25) is 0 Å². The normalized spacial score (nSPS) is 24.5. The summed E-state index contributed by atoms with van der Waals surface area (Å²) in [4.78, 5) is 2.46. The Morgan fingerprint density at radius 2 is 2.00 bits per heavy atom. The number of hydrogen-bond donors (Lipinski definition) is 0. The van der Waals surface area contributed by atoms with E-state index in [2.05, 4.69) is 37.6 Å². The third-order valence-electron chi connectivity index (χ3n) is 3.90. The Hall–Kier alpha value is -0.723. The van der Waals surface area contributed by atoms with Gasteiger partial charge in [0.05, 0.1) is 5.70 Å². The number of nitrogens with zero attached hydrogens (tertiary/aromatic N) is 1. The smallest absolute Gasteiger partial charge is 0.0823 e. The Balaban J connectivity index is 2.79. The van der Waals surface area contributed by atoms with Crippen molar-refractivity contribution in [1.29, 1.82) is 0 Å². The number of likely N-dealkylation sites (tertiary alicyclic amines) is 1. The Labute approximate surface area is 110 Å². The van der Waals surface area contributed by atoms with Crippen LogP contribution in [0, 0.1) is 0 Å². The van der Waals surface area contributed by atoms with Gasteiger partial charge in [-0.2, -0.15) is 0 Å². The molecule has 0 aliphatic carbocycles. The molecule has 0 aromatic carbocycles. The molecule has 0 spiro atoms. The largest absolute Gasteiger partial charge is 0.364 e. The Bertz CT molecular complexity index is 328. The zero-order valence-corrected chi connectivity index (χ0v) is 13.8. The van der Waals surface area contributed by atoms with E-state index in [9.17, 15) is 0 Å². The van der Waals surface area contributed by atoms with Crippen LogP contribution < -0.4 is 0 Å². The van der Waals surface area contributed by atoms with Crippen molar-refractivity contribution < 1.29 is 0 Å².